The van der Waals surface area contributed by atoms with Gasteiger partial charge in [-0.2, -0.15) is 0 Å². The number of aryl methyl sites for hydroxylation is 1. The van der Waals surface area contributed by atoms with Gasteiger partial charge in [-0.3, -0.25) is 4.99 Å². The van der Waals surface area contributed by atoms with Crippen LogP contribution >= 0.6 is 15.9 Å². The lowest BCUT2D eigenvalue weighted by atomic mass is 9.90. The van der Waals surface area contributed by atoms with Crippen LogP contribution in [0.4, 0.5) is 5.69 Å². The zero-order valence-electron chi connectivity index (χ0n) is 10.8. The maximum absolute atomic E-state index is 4.69. The molecule has 19 heavy (non-hydrogen) atoms. The fourth-order valence-corrected chi connectivity index (χ4v) is 3.03. The highest BCUT2D eigenvalue weighted by molar-refractivity contribution is 9.10. The molecule has 0 N–H and O–H groups in total. The van der Waals surface area contributed by atoms with E-state index in [4.69, 9.17) is 0 Å². The van der Waals surface area contributed by atoms with E-state index >= 15 is 0 Å². The fraction of sp³-hybridized carbons (Fsp3) is 0.235. The van der Waals surface area contributed by atoms with Gasteiger partial charge < -0.3 is 0 Å². The third kappa shape index (κ3) is 2.95. The minimum absolute atomic E-state index is 1.09. The third-order valence-electron chi connectivity index (χ3n) is 3.57. The van der Waals surface area contributed by atoms with E-state index in [9.17, 15) is 0 Å². The Kier molecular flexibility index (Phi) is 3.79. The normalized spacial score (nSPS) is 14.6. The van der Waals surface area contributed by atoms with Crippen LogP contribution in [-0.2, 0) is 12.8 Å². The number of hydrogen-bond acceptors (Lipinski definition) is 1. The number of rotatable bonds is 2. The molecular formula is C17H16BrN. The zero-order valence-corrected chi connectivity index (χ0v) is 12.4. The lowest BCUT2D eigenvalue weighted by molar-refractivity contribution is 0.686. The molecule has 0 saturated heterocycles. The molecule has 0 amide bonds. The standard InChI is InChI=1S/C17H16BrN/c18-15-8-3-5-13(11-15)12-19-17-10-4-7-14-6-1-2-9-16(14)17/h3-5,7-8,10-12H,1-2,6,9H2. The molecule has 2 heteroatoms. The molecule has 2 aromatic carbocycles. The minimum atomic E-state index is 1.09. The maximum Gasteiger partial charge on any atom is 0.0664 e. The van der Waals surface area contributed by atoms with Crippen LogP contribution in [0.3, 0.4) is 0 Å². The first-order chi connectivity index (χ1) is 9.33. The predicted molar refractivity (Wildman–Crippen MR) is 84.5 cm³/mol. The Morgan fingerprint density at radius 3 is 2.74 bits per heavy atom. The average molecular weight is 314 g/mol. The first-order valence-corrected chi connectivity index (χ1v) is 7.52. The van der Waals surface area contributed by atoms with Crippen molar-refractivity contribution >= 4 is 27.8 Å². The van der Waals surface area contributed by atoms with Crippen molar-refractivity contribution in [2.45, 2.75) is 25.7 Å². The molecule has 0 heterocycles. The van der Waals surface area contributed by atoms with Crippen molar-refractivity contribution in [3.8, 4) is 0 Å². The van der Waals surface area contributed by atoms with E-state index in [-0.39, 0.29) is 0 Å². The van der Waals surface area contributed by atoms with Crippen LogP contribution in [0.1, 0.15) is 29.5 Å². The molecular weight excluding hydrogens is 298 g/mol. The molecule has 0 aliphatic heterocycles. The molecule has 0 bridgehead atoms. The first kappa shape index (κ1) is 12.6. The van der Waals surface area contributed by atoms with Gasteiger partial charge >= 0.3 is 0 Å². The van der Waals surface area contributed by atoms with Crippen LogP contribution in [0.25, 0.3) is 0 Å². The first-order valence-electron chi connectivity index (χ1n) is 6.73. The van der Waals surface area contributed by atoms with Crippen molar-refractivity contribution in [1.82, 2.24) is 0 Å². The van der Waals surface area contributed by atoms with E-state index in [2.05, 4.69) is 51.3 Å². The predicted octanol–water partition coefficient (Wildman–Crippen LogP) is 5.08. The summed E-state index contributed by atoms with van der Waals surface area (Å²) in [5, 5.41) is 0. The lowest BCUT2D eigenvalue weighted by Gasteiger charge is -2.17. The Morgan fingerprint density at radius 1 is 1.00 bits per heavy atom. The van der Waals surface area contributed by atoms with E-state index in [1.807, 2.05) is 18.3 Å². The second-order valence-electron chi connectivity index (χ2n) is 4.94. The molecule has 3 rings (SSSR count). The van der Waals surface area contributed by atoms with Gasteiger partial charge in [0, 0.05) is 10.7 Å². The Labute approximate surface area is 122 Å². The van der Waals surface area contributed by atoms with E-state index in [1.54, 1.807) is 0 Å². The van der Waals surface area contributed by atoms with Gasteiger partial charge in [-0.05, 0) is 60.6 Å². The number of nitrogens with zero attached hydrogens (tertiary/aromatic N) is 1. The highest BCUT2D eigenvalue weighted by atomic mass is 79.9. The maximum atomic E-state index is 4.69. The van der Waals surface area contributed by atoms with E-state index in [0.29, 0.717) is 0 Å². The molecule has 1 aliphatic rings. The summed E-state index contributed by atoms with van der Waals surface area (Å²) in [7, 11) is 0. The second kappa shape index (κ2) is 5.70. The van der Waals surface area contributed by atoms with Gasteiger partial charge in [-0.15, -0.1) is 0 Å². The summed E-state index contributed by atoms with van der Waals surface area (Å²) >= 11 is 3.49. The molecule has 0 fully saturated rings. The summed E-state index contributed by atoms with van der Waals surface area (Å²) in [6.45, 7) is 0. The van der Waals surface area contributed by atoms with Crippen LogP contribution in [0.15, 0.2) is 51.9 Å². The Morgan fingerprint density at radius 2 is 1.84 bits per heavy atom. The molecule has 1 aliphatic carbocycles. The van der Waals surface area contributed by atoms with Crippen LogP contribution in [0.5, 0.6) is 0 Å². The monoisotopic (exact) mass is 313 g/mol. The molecule has 0 atom stereocenters. The van der Waals surface area contributed by atoms with E-state index in [1.165, 1.54) is 36.8 Å². The van der Waals surface area contributed by atoms with Gasteiger partial charge in [0.1, 0.15) is 0 Å². The van der Waals surface area contributed by atoms with Crippen LogP contribution in [0.2, 0.25) is 0 Å². The highest BCUT2D eigenvalue weighted by Crippen LogP contribution is 2.29. The third-order valence-corrected chi connectivity index (χ3v) is 4.07. The largest absolute Gasteiger partial charge is 0.256 e. The van der Waals surface area contributed by atoms with Crippen molar-refractivity contribution in [1.29, 1.82) is 0 Å². The topological polar surface area (TPSA) is 12.4 Å². The smallest absolute Gasteiger partial charge is 0.0664 e. The van der Waals surface area contributed by atoms with Crippen molar-refractivity contribution < 1.29 is 0 Å². The highest BCUT2D eigenvalue weighted by Gasteiger charge is 2.11. The van der Waals surface area contributed by atoms with E-state index < -0.39 is 0 Å². The SMILES string of the molecule is Brc1cccc(C=Nc2cccc3c2CCCC3)c1. The summed E-state index contributed by atoms with van der Waals surface area (Å²) < 4.78 is 1.09. The van der Waals surface area contributed by atoms with Gasteiger partial charge in [0.2, 0.25) is 0 Å². The van der Waals surface area contributed by atoms with Crippen molar-refractivity contribution in [3.05, 3.63) is 63.6 Å². The van der Waals surface area contributed by atoms with Gasteiger partial charge in [0.05, 0.1) is 5.69 Å². The lowest BCUT2D eigenvalue weighted by Crippen LogP contribution is -2.02. The second-order valence-corrected chi connectivity index (χ2v) is 5.85. The Balaban J connectivity index is 1.91. The summed E-state index contributed by atoms with van der Waals surface area (Å²) in [6.07, 6.45) is 6.92. The zero-order chi connectivity index (χ0) is 13.1. The summed E-state index contributed by atoms with van der Waals surface area (Å²) in [5.74, 6) is 0. The van der Waals surface area contributed by atoms with Crippen molar-refractivity contribution in [3.63, 3.8) is 0 Å². The number of benzene rings is 2. The van der Waals surface area contributed by atoms with Gasteiger partial charge in [-0.1, -0.05) is 40.2 Å². The number of halogens is 1. The summed E-state index contributed by atoms with van der Waals surface area (Å²) in [6, 6.07) is 14.7. The molecule has 1 nitrogen and oxygen atoms in total. The quantitative estimate of drug-likeness (QED) is 0.686. The fourth-order valence-electron chi connectivity index (χ4n) is 2.61. The number of aliphatic imine (C=N–C) groups is 1. The van der Waals surface area contributed by atoms with Gasteiger partial charge in [-0.25, -0.2) is 0 Å². The molecule has 0 aromatic heterocycles. The van der Waals surface area contributed by atoms with Gasteiger partial charge in [0.25, 0.3) is 0 Å². The van der Waals surface area contributed by atoms with E-state index in [0.717, 1.165) is 15.7 Å². The number of fused-ring (bicyclic) bond motifs is 1. The molecule has 0 unspecified atom stereocenters. The average Bonchev–Trinajstić information content (AvgIpc) is 2.45. The summed E-state index contributed by atoms with van der Waals surface area (Å²) in [5.41, 5.74) is 5.19. The minimum Gasteiger partial charge on any atom is -0.256 e. The van der Waals surface area contributed by atoms with Crippen LogP contribution in [-0.4, -0.2) is 6.21 Å². The summed E-state index contributed by atoms with van der Waals surface area (Å²) in [4.78, 5) is 4.69. The molecule has 0 saturated carbocycles. The van der Waals surface area contributed by atoms with Crippen molar-refractivity contribution in [2.24, 2.45) is 4.99 Å². The molecule has 96 valence electrons. The van der Waals surface area contributed by atoms with Crippen LogP contribution in [0, 0.1) is 0 Å². The molecule has 0 spiro atoms. The Bertz CT molecular complexity index is 616. The number of hydrogen-bond donors (Lipinski definition) is 0. The van der Waals surface area contributed by atoms with Crippen LogP contribution < -0.4 is 0 Å². The molecule has 2 aromatic rings. The Hall–Kier alpha value is -1.41. The molecule has 0 radical (unpaired) electrons. The van der Waals surface area contributed by atoms with Gasteiger partial charge in [0.15, 0.2) is 0 Å². The van der Waals surface area contributed by atoms with Crippen molar-refractivity contribution in [2.75, 3.05) is 0 Å².